The molecule has 11 heavy (non-hydrogen) atoms. The molecule has 1 N–H and O–H groups in total. The lowest BCUT2D eigenvalue weighted by atomic mass is 9.97. The van der Waals surface area contributed by atoms with Crippen LogP contribution in [-0.4, -0.2) is 7.05 Å². The number of allylic oxidation sites excluding steroid dienone is 2. The van der Waals surface area contributed by atoms with Gasteiger partial charge in [-0.1, -0.05) is 19.9 Å². The second kappa shape index (κ2) is 3.80. The molecule has 0 aliphatic heterocycles. The normalized spacial score (nSPS) is 32.5. The first-order chi connectivity index (χ1) is 5.22. The Morgan fingerprint density at radius 2 is 2.18 bits per heavy atom. The summed E-state index contributed by atoms with van der Waals surface area (Å²) in [5.74, 6) is 1.65. The molecule has 0 aromatic rings. The van der Waals surface area contributed by atoms with E-state index in [0.717, 1.165) is 11.8 Å². The maximum Gasteiger partial charge on any atom is 0.00663 e. The minimum Gasteiger partial charge on any atom is -0.392 e. The summed E-state index contributed by atoms with van der Waals surface area (Å²) in [4.78, 5) is 0. The van der Waals surface area contributed by atoms with Gasteiger partial charge in [0.1, 0.15) is 0 Å². The summed E-state index contributed by atoms with van der Waals surface area (Å²) in [6.45, 7) is 4.65. The van der Waals surface area contributed by atoms with Crippen molar-refractivity contribution in [3.8, 4) is 0 Å². The molecule has 0 spiro atoms. The second-order valence-corrected chi connectivity index (χ2v) is 3.80. The molecule has 0 aromatic heterocycles. The first kappa shape index (κ1) is 8.63. The Labute approximate surface area is 69.9 Å². The van der Waals surface area contributed by atoms with Crippen molar-refractivity contribution in [2.45, 2.75) is 33.1 Å². The molecule has 1 aliphatic rings. The molecule has 0 saturated heterocycles. The van der Waals surface area contributed by atoms with Gasteiger partial charge in [-0.25, -0.2) is 0 Å². The van der Waals surface area contributed by atoms with Crippen molar-refractivity contribution in [1.82, 2.24) is 5.32 Å². The fourth-order valence-corrected chi connectivity index (χ4v) is 1.86. The van der Waals surface area contributed by atoms with Crippen molar-refractivity contribution < 1.29 is 0 Å². The van der Waals surface area contributed by atoms with E-state index < -0.39 is 0 Å². The van der Waals surface area contributed by atoms with Crippen LogP contribution in [0.3, 0.4) is 0 Å². The molecule has 2 atom stereocenters. The Morgan fingerprint density at radius 3 is 2.82 bits per heavy atom. The third kappa shape index (κ3) is 2.57. The molecule has 64 valence electrons. The Bertz CT molecular complexity index is 149. The van der Waals surface area contributed by atoms with Crippen LogP contribution in [0.25, 0.3) is 0 Å². The predicted molar refractivity (Wildman–Crippen MR) is 49.3 cm³/mol. The van der Waals surface area contributed by atoms with Crippen molar-refractivity contribution in [2.24, 2.45) is 11.8 Å². The van der Waals surface area contributed by atoms with Crippen molar-refractivity contribution in [1.29, 1.82) is 0 Å². The van der Waals surface area contributed by atoms with E-state index >= 15 is 0 Å². The summed E-state index contributed by atoms with van der Waals surface area (Å²) in [6, 6.07) is 0. The summed E-state index contributed by atoms with van der Waals surface area (Å²) >= 11 is 0. The van der Waals surface area contributed by atoms with Gasteiger partial charge in [0.15, 0.2) is 0 Å². The highest BCUT2D eigenvalue weighted by Crippen LogP contribution is 2.24. The van der Waals surface area contributed by atoms with Crippen LogP contribution in [0, 0.1) is 11.8 Å². The number of hydrogen-bond donors (Lipinski definition) is 1. The molecular weight excluding hydrogens is 134 g/mol. The zero-order chi connectivity index (χ0) is 8.27. The molecule has 1 rings (SSSR count). The van der Waals surface area contributed by atoms with E-state index in [0.29, 0.717) is 0 Å². The van der Waals surface area contributed by atoms with Crippen molar-refractivity contribution in [2.75, 3.05) is 7.05 Å². The van der Waals surface area contributed by atoms with E-state index in [1.54, 1.807) is 0 Å². The van der Waals surface area contributed by atoms with Gasteiger partial charge in [-0.2, -0.15) is 0 Å². The molecule has 0 unspecified atom stereocenters. The van der Waals surface area contributed by atoms with E-state index in [2.05, 4.69) is 25.2 Å². The van der Waals surface area contributed by atoms with Gasteiger partial charge >= 0.3 is 0 Å². The average molecular weight is 153 g/mol. The number of nitrogens with one attached hydrogen (secondary N) is 1. The van der Waals surface area contributed by atoms with Gasteiger partial charge in [0, 0.05) is 12.7 Å². The lowest BCUT2D eigenvalue weighted by Gasteiger charge is -2.08. The van der Waals surface area contributed by atoms with Crippen LogP contribution in [-0.2, 0) is 0 Å². The van der Waals surface area contributed by atoms with Gasteiger partial charge in [-0.3, -0.25) is 0 Å². The molecule has 0 saturated carbocycles. The predicted octanol–water partition coefficient (Wildman–Crippen LogP) is 2.55. The molecule has 0 heterocycles. The second-order valence-electron chi connectivity index (χ2n) is 3.80. The Hall–Kier alpha value is -0.460. The van der Waals surface area contributed by atoms with Crippen LogP contribution < -0.4 is 5.32 Å². The molecule has 0 bridgehead atoms. The smallest absolute Gasteiger partial charge is 0.00663 e. The minimum atomic E-state index is 0.759. The fourth-order valence-electron chi connectivity index (χ4n) is 1.86. The fraction of sp³-hybridized carbons (Fsp3) is 0.800. The van der Waals surface area contributed by atoms with E-state index in [1.807, 2.05) is 7.05 Å². The van der Waals surface area contributed by atoms with Gasteiger partial charge in [-0.05, 0) is 31.1 Å². The zero-order valence-electron chi connectivity index (χ0n) is 7.85. The third-order valence-corrected chi connectivity index (χ3v) is 2.49. The maximum absolute atomic E-state index is 3.26. The van der Waals surface area contributed by atoms with E-state index in [1.165, 1.54) is 25.0 Å². The van der Waals surface area contributed by atoms with E-state index in [4.69, 9.17) is 0 Å². The standard InChI is InChI=1S/C10H19N/c1-8-4-5-10(11-3)7-9(2)6-8/h7-9,11H,4-6H2,1-3H3/t8-,9-/m0/s1. The highest BCUT2D eigenvalue weighted by atomic mass is 14.8. The maximum atomic E-state index is 3.26. The number of hydrogen-bond acceptors (Lipinski definition) is 1. The van der Waals surface area contributed by atoms with E-state index in [-0.39, 0.29) is 0 Å². The monoisotopic (exact) mass is 153 g/mol. The molecule has 0 fully saturated rings. The summed E-state index contributed by atoms with van der Waals surface area (Å²) in [5.41, 5.74) is 1.43. The Balaban J connectivity index is 2.55. The minimum absolute atomic E-state index is 0.759. The van der Waals surface area contributed by atoms with Crippen LogP contribution in [0.2, 0.25) is 0 Å². The first-order valence-electron chi connectivity index (χ1n) is 4.61. The van der Waals surface area contributed by atoms with Crippen LogP contribution in [0.4, 0.5) is 0 Å². The van der Waals surface area contributed by atoms with Gasteiger partial charge in [0.05, 0.1) is 0 Å². The highest BCUT2D eigenvalue weighted by Gasteiger charge is 2.12. The van der Waals surface area contributed by atoms with Crippen LogP contribution >= 0.6 is 0 Å². The van der Waals surface area contributed by atoms with Gasteiger partial charge in [0.2, 0.25) is 0 Å². The van der Waals surface area contributed by atoms with Crippen molar-refractivity contribution in [3.63, 3.8) is 0 Å². The Kier molecular flexibility index (Phi) is 2.98. The van der Waals surface area contributed by atoms with Crippen LogP contribution in [0.1, 0.15) is 33.1 Å². The molecule has 0 radical (unpaired) electrons. The van der Waals surface area contributed by atoms with Crippen molar-refractivity contribution in [3.05, 3.63) is 11.8 Å². The largest absolute Gasteiger partial charge is 0.392 e. The molecule has 1 nitrogen and oxygen atoms in total. The topological polar surface area (TPSA) is 12.0 Å². The molecular formula is C10H19N. The third-order valence-electron chi connectivity index (χ3n) is 2.49. The summed E-state index contributed by atoms with van der Waals surface area (Å²) in [5, 5.41) is 3.26. The number of rotatable bonds is 1. The van der Waals surface area contributed by atoms with Gasteiger partial charge in [-0.15, -0.1) is 0 Å². The molecule has 0 amide bonds. The lowest BCUT2D eigenvalue weighted by molar-refractivity contribution is 0.453. The summed E-state index contributed by atoms with van der Waals surface area (Å²) in [7, 11) is 2.02. The van der Waals surface area contributed by atoms with Gasteiger partial charge in [0.25, 0.3) is 0 Å². The quantitative estimate of drug-likeness (QED) is 0.610. The lowest BCUT2D eigenvalue weighted by Crippen LogP contribution is -2.05. The van der Waals surface area contributed by atoms with Crippen molar-refractivity contribution >= 4 is 0 Å². The average Bonchev–Trinajstić information content (AvgIpc) is 2.11. The van der Waals surface area contributed by atoms with Gasteiger partial charge < -0.3 is 5.32 Å². The SMILES string of the molecule is CNC1=C[C@@H](C)C[C@@H](C)CC1. The summed E-state index contributed by atoms with van der Waals surface area (Å²) in [6.07, 6.45) is 6.31. The van der Waals surface area contributed by atoms with Crippen LogP contribution in [0.15, 0.2) is 11.8 Å². The first-order valence-corrected chi connectivity index (χ1v) is 4.61. The highest BCUT2D eigenvalue weighted by molar-refractivity contribution is 5.03. The molecule has 1 aliphatic carbocycles. The van der Waals surface area contributed by atoms with Crippen LogP contribution in [0.5, 0.6) is 0 Å². The summed E-state index contributed by atoms with van der Waals surface area (Å²) < 4.78 is 0. The molecule has 0 aromatic carbocycles. The molecule has 1 heteroatoms. The zero-order valence-corrected chi connectivity index (χ0v) is 7.85. The van der Waals surface area contributed by atoms with E-state index in [9.17, 15) is 0 Å². The Morgan fingerprint density at radius 1 is 1.45 bits per heavy atom.